The molecule has 0 heterocycles. The molecule has 0 saturated heterocycles. The average molecular weight is 295 g/mol. The van der Waals surface area contributed by atoms with Crippen molar-refractivity contribution in [3.63, 3.8) is 0 Å². The predicted octanol–water partition coefficient (Wildman–Crippen LogP) is 2.96. The second-order valence-electron chi connectivity index (χ2n) is 4.89. The minimum absolute atomic E-state index is 0.429. The van der Waals surface area contributed by atoms with Crippen molar-refractivity contribution in [3.05, 3.63) is 66.2 Å². The fraction of sp³-hybridized carbons (Fsp3) is 0.111. The van der Waals surface area contributed by atoms with Crippen LogP contribution in [0.5, 0.6) is 0 Å². The van der Waals surface area contributed by atoms with Crippen LogP contribution in [0.15, 0.2) is 60.7 Å². The van der Waals surface area contributed by atoms with Gasteiger partial charge in [0.05, 0.1) is 0 Å². The second kappa shape index (κ2) is 7.22. The molecule has 0 aliphatic heterocycles. The lowest BCUT2D eigenvalue weighted by Crippen LogP contribution is -2.37. The molecule has 0 radical (unpaired) electrons. The molecular formula is C18H17NO3. The highest BCUT2D eigenvalue weighted by Crippen LogP contribution is 2.19. The molecular weight excluding hydrogens is 278 g/mol. The number of carboxylic acids is 1. The van der Waals surface area contributed by atoms with E-state index in [1.807, 2.05) is 54.6 Å². The SMILES string of the molecule is CC(NC(=O)/C=C/c1ccc(-c2ccccc2)cc1)C(=O)O. The van der Waals surface area contributed by atoms with E-state index in [1.54, 1.807) is 6.08 Å². The fourth-order valence-corrected chi connectivity index (χ4v) is 1.91. The number of carbonyl (C=O) groups is 2. The summed E-state index contributed by atoms with van der Waals surface area (Å²) >= 11 is 0. The van der Waals surface area contributed by atoms with E-state index in [4.69, 9.17) is 5.11 Å². The number of carboxylic acid groups (broad SMARTS) is 1. The van der Waals surface area contributed by atoms with Crippen molar-refractivity contribution in [2.24, 2.45) is 0 Å². The average Bonchev–Trinajstić information content (AvgIpc) is 2.54. The number of carbonyl (C=O) groups excluding carboxylic acids is 1. The topological polar surface area (TPSA) is 66.4 Å². The first-order valence-corrected chi connectivity index (χ1v) is 6.93. The third-order valence-electron chi connectivity index (χ3n) is 3.17. The predicted molar refractivity (Wildman–Crippen MR) is 86.2 cm³/mol. The highest BCUT2D eigenvalue weighted by molar-refractivity contribution is 5.94. The second-order valence-corrected chi connectivity index (χ2v) is 4.89. The van der Waals surface area contributed by atoms with Gasteiger partial charge in [0.25, 0.3) is 0 Å². The van der Waals surface area contributed by atoms with Crippen LogP contribution in [0, 0.1) is 0 Å². The van der Waals surface area contributed by atoms with Crippen molar-refractivity contribution in [3.8, 4) is 11.1 Å². The summed E-state index contributed by atoms with van der Waals surface area (Å²) in [5.74, 6) is -1.49. The summed E-state index contributed by atoms with van der Waals surface area (Å²) in [6.45, 7) is 1.42. The van der Waals surface area contributed by atoms with Gasteiger partial charge in [-0.25, -0.2) is 0 Å². The van der Waals surface area contributed by atoms with Gasteiger partial charge >= 0.3 is 5.97 Å². The Bertz CT molecular complexity index is 675. The standard InChI is InChI=1S/C18H17NO3/c1-13(18(21)22)19-17(20)12-9-14-7-10-16(11-8-14)15-5-3-2-4-6-15/h2-13H,1H3,(H,19,20)(H,21,22)/b12-9+. The van der Waals surface area contributed by atoms with Crippen LogP contribution < -0.4 is 5.32 Å². The maximum atomic E-state index is 11.6. The third kappa shape index (κ3) is 4.31. The van der Waals surface area contributed by atoms with Crippen LogP contribution in [0.4, 0.5) is 0 Å². The van der Waals surface area contributed by atoms with Crippen LogP contribution in [0.3, 0.4) is 0 Å². The Morgan fingerprint density at radius 1 is 1.00 bits per heavy atom. The van der Waals surface area contributed by atoms with Gasteiger partial charge in [0, 0.05) is 6.08 Å². The number of rotatable bonds is 5. The number of nitrogens with one attached hydrogen (secondary N) is 1. The lowest BCUT2D eigenvalue weighted by Gasteiger charge is -2.06. The lowest BCUT2D eigenvalue weighted by atomic mass is 10.0. The summed E-state index contributed by atoms with van der Waals surface area (Å²) in [5.41, 5.74) is 3.10. The Kier molecular flexibility index (Phi) is 5.09. The van der Waals surface area contributed by atoms with Crippen molar-refractivity contribution in [2.45, 2.75) is 13.0 Å². The summed E-state index contributed by atoms with van der Waals surface area (Å²) in [4.78, 5) is 22.2. The Hall–Kier alpha value is -2.88. The van der Waals surface area contributed by atoms with Gasteiger partial charge in [0.15, 0.2) is 0 Å². The van der Waals surface area contributed by atoms with Gasteiger partial charge in [-0.05, 0) is 29.7 Å². The molecule has 2 aromatic carbocycles. The lowest BCUT2D eigenvalue weighted by molar-refractivity contribution is -0.140. The highest BCUT2D eigenvalue weighted by atomic mass is 16.4. The number of aliphatic carboxylic acids is 1. The van der Waals surface area contributed by atoms with E-state index in [0.29, 0.717) is 0 Å². The monoisotopic (exact) mass is 295 g/mol. The minimum atomic E-state index is -1.06. The molecule has 4 nitrogen and oxygen atoms in total. The van der Waals surface area contributed by atoms with E-state index in [1.165, 1.54) is 13.0 Å². The van der Waals surface area contributed by atoms with Gasteiger partial charge in [-0.3, -0.25) is 9.59 Å². The van der Waals surface area contributed by atoms with E-state index in [0.717, 1.165) is 16.7 Å². The van der Waals surface area contributed by atoms with Crippen molar-refractivity contribution >= 4 is 18.0 Å². The van der Waals surface area contributed by atoms with Crippen molar-refractivity contribution in [1.82, 2.24) is 5.32 Å². The molecule has 0 aromatic heterocycles. The maximum absolute atomic E-state index is 11.6. The smallest absolute Gasteiger partial charge is 0.325 e. The summed E-state index contributed by atoms with van der Waals surface area (Å²) < 4.78 is 0. The van der Waals surface area contributed by atoms with Crippen LogP contribution in [0.2, 0.25) is 0 Å². The maximum Gasteiger partial charge on any atom is 0.325 e. The van der Waals surface area contributed by atoms with Crippen LogP contribution >= 0.6 is 0 Å². The van der Waals surface area contributed by atoms with Gasteiger partial charge in [-0.15, -0.1) is 0 Å². The van der Waals surface area contributed by atoms with Crippen LogP contribution in [-0.2, 0) is 9.59 Å². The molecule has 4 heteroatoms. The molecule has 22 heavy (non-hydrogen) atoms. The van der Waals surface area contributed by atoms with E-state index >= 15 is 0 Å². The summed E-state index contributed by atoms with van der Waals surface area (Å²) in [7, 11) is 0. The molecule has 0 saturated carbocycles. The molecule has 2 N–H and O–H groups in total. The molecule has 0 spiro atoms. The molecule has 0 aliphatic rings. The van der Waals surface area contributed by atoms with Crippen molar-refractivity contribution in [2.75, 3.05) is 0 Å². The Labute approximate surface area is 129 Å². The van der Waals surface area contributed by atoms with Crippen LogP contribution in [0.1, 0.15) is 12.5 Å². The van der Waals surface area contributed by atoms with Crippen molar-refractivity contribution < 1.29 is 14.7 Å². The molecule has 0 bridgehead atoms. The van der Waals surface area contributed by atoms with E-state index in [-0.39, 0.29) is 0 Å². The Balaban J connectivity index is 2.01. The number of hydrogen-bond acceptors (Lipinski definition) is 2. The zero-order valence-corrected chi connectivity index (χ0v) is 12.2. The van der Waals surface area contributed by atoms with E-state index in [2.05, 4.69) is 5.32 Å². The van der Waals surface area contributed by atoms with Gasteiger partial charge < -0.3 is 10.4 Å². The van der Waals surface area contributed by atoms with E-state index < -0.39 is 17.9 Å². The number of amides is 1. The van der Waals surface area contributed by atoms with Crippen LogP contribution in [0.25, 0.3) is 17.2 Å². The van der Waals surface area contributed by atoms with Gasteiger partial charge in [-0.1, -0.05) is 54.6 Å². The quantitative estimate of drug-likeness (QED) is 0.833. The van der Waals surface area contributed by atoms with Gasteiger partial charge in [-0.2, -0.15) is 0 Å². The number of hydrogen-bond donors (Lipinski definition) is 2. The molecule has 2 aromatic rings. The molecule has 0 aliphatic carbocycles. The zero-order valence-electron chi connectivity index (χ0n) is 12.2. The molecule has 112 valence electrons. The first-order chi connectivity index (χ1) is 10.6. The largest absolute Gasteiger partial charge is 0.480 e. The zero-order chi connectivity index (χ0) is 15.9. The molecule has 1 atom stereocenters. The van der Waals surface area contributed by atoms with Crippen LogP contribution in [-0.4, -0.2) is 23.0 Å². The summed E-state index contributed by atoms with van der Waals surface area (Å²) in [6, 6.07) is 16.9. The molecule has 2 rings (SSSR count). The van der Waals surface area contributed by atoms with Gasteiger partial charge in [0.1, 0.15) is 6.04 Å². The number of benzene rings is 2. The molecule has 1 amide bonds. The van der Waals surface area contributed by atoms with Gasteiger partial charge in [0.2, 0.25) is 5.91 Å². The highest BCUT2D eigenvalue weighted by Gasteiger charge is 2.11. The normalized spacial score (nSPS) is 12.0. The van der Waals surface area contributed by atoms with E-state index in [9.17, 15) is 9.59 Å². The summed E-state index contributed by atoms with van der Waals surface area (Å²) in [6.07, 6.45) is 2.98. The first-order valence-electron chi connectivity index (χ1n) is 6.93. The summed E-state index contributed by atoms with van der Waals surface area (Å²) in [5, 5.41) is 11.1. The fourth-order valence-electron chi connectivity index (χ4n) is 1.91. The Morgan fingerprint density at radius 2 is 1.59 bits per heavy atom. The van der Waals surface area contributed by atoms with Crippen molar-refractivity contribution in [1.29, 1.82) is 0 Å². The molecule has 0 fully saturated rings. The minimum Gasteiger partial charge on any atom is -0.480 e. The third-order valence-corrected chi connectivity index (χ3v) is 3.17. The first kappa shape index (κ1) is 15.5. The molecule has 1 unspecified atom stereocenters. The Morgan fingerprint density at radius 3 is 2.18 bits per heavy atom.